The molecule has 152 valence electrons. The van der Waals surface area contributed by atoms with E-state index in [0.717, 1.165) is 10.9 Å². The Morgan fingerprint density at radius 3 is 2.71 bits per heavy atom. The molecule has 1 N–H and O–H groups in total. The fraction of sp³-hybridized carbons (Fsp3) is 0.316. The quantitative estimate of drug-likeness (QED) is 0.672. The van der Waals surface area contributed by atoms with Crippen molar-refractivity contribution in [1.29, 1.82) is 0 Å². The zero-order valence-corrected chi connectivity index (χ0v) is 18.7. The molecule has 0 saturated carbocycles. The second-order valence-electron chi connectivity index (χ2n) is 6.34. The Morgan fingerprint density at radius 1 is 1.29 bits per heavy atom. The van der Waals surface area contributed by atoms with Gasteiger partial charge in [0.1, 0.15) is 5.75 Å². The lowest BCUT2D eigenvalue weighted by Crippen LogP contribution is -2.18. The van der Waals surface area contributed by atoms with Gasteiger partial charge < -0.3 is 14.8 Å². The van der Waals surface area contributed by atoms with Crippen LogP contribution < -0.4 is 10.1 Å². The van der Waals surface area contributed by atoms with Crippen LogP contribution in [0.25, 0.3) is 0 Å². The van der Waals surface area contributed by atoms with Gasteiger partial charge in [0, 0.05) is 16.8 Å². The second-order valence-corrected chi connectivity index (χ2v) is 9.29. The number of halogens is 1. The number of hydrogen-bond donors (Lipinski definition) is 1. The summed E-state index contributed by atoms with van der Waals surface area (Å²) in [7, 11) is -2.09. The maximum atomic E-state index is 12.7. The van der Waals surface area contributed by atoms with Crippen molar-refractivity contribution in [2.24, 2.45) is 5.92 Å². The van der Waals surface area contributed by atoms with Crippen LogP contribution in [0, 0.1) is 5.92 Å². The molecule has 0 aromatic heterocycles. The summed E-state index contributed by atoms with van der Waals surface area (Å²) in [5.41, 5.74) is 0.758. The first-order chi connectivity index (χ1) is 12.9. The molecule has 28 heavy (non-hydrogen) atoms. The second kappa shape index (κ2) is 9.78. The van der Waals surface area contributed by atoms with Crippen molar-refractivity contribution in [2.75, 3.05) is 31.4 Å². The minimum absolute atomic E-state index is 0. The Hall–Kier alpha value is -1.55. The van der Waals surface area contributed by atoms with Gasteiger partial charge in [0.2, 0.25) is 0 Å². The molecular formula is C19H22BrNO5S2. The van der Waals surface area contributed by atoms with Gasteiger partial charge >= 0.3 is 0 Å². The van der Waals surface area contributed by atoms with E-state index in [1.54, 1.807) is 18.2 Å². The summed E-state index contributed by atoms with van der Waals surface area (Å²) in [6.07, 6.45) is 0.728. The zero-order chi connectivity index (χ0) is 19.4. The Kier molecular flexibility index (Phi) is 7.94. The van der Waals surface area contributed by atoms with Crippen LogP contribution in [-0.4, -0.2) is 40.4 Å². The fourth-order valence-corrected chi connectivity index (χ4v) is 4.99. The molecule has 1 aliphatic rings. The third kappa shape index (κ3) is 5.50. The highest BCUT2D eigenvalue weighted by atomic mass is 79.9. The highest BCUT2D eigenvalue weighted by Crippen LogP contribution is 2.27. The summed E-state index contributed by atoms with van der Waals surface area (Å²) in [6, 6.07) is 11.5. The summed E-state index contributed by atoms with van der Waals surface area (Å²) in [5, 5.41) is 2.76. The minimum atomic E-state index is -3.53. The third-order valence-electron chi connectivity index (χ3n) is 4.34. The maximum absolute atomic E-state index is 12.7. The average molecular weight is 488 g/mol. The molecule has 1 heterocycles. The van der Waals surface area contributed by atoms with Crippen LogP contribution in [0.1, 0.15) is 16.8 Å². The van der Waals surface area contributed by atoms with Crippen molar-refractivity contribution in [3.05, 3.63) is 52.5 Å². The topological polar surface area (TPSA) is 81.7 Å². The van der Waals surface area contributed by atoms with Gasteiger partial charge in [-0.05, 0) is 48.7 Å². The van der Waals surface area contributed by atoms with Gasteiger partial charge in [0.05, 0.1) is 29.9 Å². The van der Waals surface area contributed by atoms with Crippen molar-refractivity contribution in [1.82, 2.24) is 0 Å². The molecule has 2 aromatic carbocycles. The van der Waals surface area contributed by atoms with Crippen molar-refractivity contribution >= 4 is 50.9 Å². The predicted molar refractivity (Wildman–Crippen MR) is 116 cm³/mol. The van der Waals surface area contributed by atoms with Crippen molar-refractivity contribution in [3.63, 3.8) is 0 Å². The molecule has 0 bridgehead atoms. The van der Waals surface area contributed by atoms with Gasteiger partial charge in [-0.25, -0.2) is 8.42 Å². The number of ether oxygens (including phenoxy) is 2. The van der Waals surface area contributed by atoms with E-state index in [9.17, 15) is 13.2 Å². The van der Waals surface area contributed by atoms with Crippen LogP contribution in [0.15, 0.2) is 51.8 Å². The zero-order valence-electron chi connectivity index (χ0n) is 15.3. The lowest BCUT2D eigenvalue weighted by molar-refractivity contribution is 0.102. The molecule has 1 aliphatic heterocycles. The molecule has 0 radical (unpaired) electrons. The number of benzene rings is 2. The molecule has 1 fully saturated rings. The van der Waals surface area contributed by atoms with Gasteiger partial charge in [-0.3, -0.25) is 4.79 Å². The summed E-state index contributed by atoms with van der Waals surface area (Å²) in [6.45, 7) is 1.04. The lowest BCUT2D eigenvalue weighted by atomic mass is 10.1. The number of carbonyl (C=O) groups is 1. The van der Waals surface area contributed by atoms with E-state index in [1.165, 1.54) is 25.3 Å². The minimum Gasteiger partial charge on any atom is -0.496 e. The van der Waals surface area contributed by atoms with Crippen LogP contribution in [0.3, 0.4) is 0 Å². The number of amides is 1. The van der Waals surface area contributed by atoms with E-state index in [4.69, 9.17) is 9.47 Å². The number of sulfone groups is 1. The van der Waals surface area contributed by atoms with Crippen LogP contribution in [0.2, 0.25) is 0 Å². The van der Waals surface area contributed by atoms with Crippen molar-refractivity contribution in [2.45, 2.75) is 11.3 Å². The molecule has 1 amide bonds. The third-order valence-corrected chi connectivity index (χ3v) is 6.71. The smallest absolute Gasteiger partial charge is 0.259 e. The van der Waals surface area contributed by atoms with E-state index in [1.807, 2.05) is 6.07 Å². The van der Waals surface area contributed by atoms with Crippen molar-refractivity contribution in [3.8, 4) is 5.75 Å². The Labute approximate surface area is 180 Å². The van der Waals surface area contributed by atoms with Gasteiger partial charge in [-0.15, -0.1) is 0 Å². The molecule has 0 spiro atoms. The van der Waals surface area contributed by atoms with Gasteiger partial charge in [0.25, 0.3) is 5.91 Å². The van der Waals surface area contributed by atoms with E-state index >= 15 is 0 Å². The summed E-state index contributed by atoms with van der Waals surface area (Å²) >= 11 is 3.35. The first kappa shape index (κ1) is 22.7. The summed E-state index contributed by atoms with van der Waals surface area (Å²) < 4.78 is 36.8. The van der Waals surface area contributed by atoms with Crippen LogP contribution >= 0.6 is 29.4 Å². The first-order valence-electron chi connectivity index (χ1n) is 8.44. The molecule has 0 unspecified atom stereocenters. The normalized spacial score (nSPS) is 16.3. The maximum Gasteiger partial charge on any atom is 0.259 e. The van der Waals surface area contributed by atoms with Crippen molar-refractivity contribution < 1.29 is 22.7 Å². The highest BCUT2D eigenvalue weighted by Gasteiger charge is 2.26. The first-order valence-corrected chi connectivity index (χ1v) is 10.9. The average Bonchev–Trinajstić information content (AvgIpc) is 3.13. The Balaban J connectivity index is 0.00000280. The number of anilines is 1. The van der Waals surface area contributed by atoms with Crippen LogP contribution in [0.4, 0.5) is 5.69 Å². The molecule has 0 aliphatic carbocycles. The van der Waals surface area contributed by atoms with Crippen LogP contribution in [-0.2, 0) is 14.6 Å². The lowest BCUT2D eigenvalue weighted by Gasteiger charge is -2.13. The number of methoxy groups -OCH3 is 1. The number of nitrogens with one attached hydrogen (secondary N) is 1. The highest BCUT2D eigenvalue weighted by molar-refractivity contribution is 9.10. The molecule has 9 heteroatoms. The standard InChI is InChI=1S/C19H20BrNO5S.H2S/c1-25-18-6-5-16(27(23,24)12-13-7-8-26-11-13)10-17(18)19(22)21-15-4-2-3-14(20)9-15;/h2-6,9-10,13H,7-8,11-12H2,1H3,(H,21,22);1H2/t13-;/m0./s1. The molecule has 1 saturated heterocycles. The predicted octanol–water partition coefficient (Wildman–Crippen LogP) is 3.63. The molecule has 6 nitrogen and oxygen atoms in total. The Morgan fingerprint density at radius 2 is 2.07 bits per heavy atom. The van der Waals surface area contributed by atoms with Gasteiger partial charge in [-0.2, -0.15) is 13.5 Å². The molecular weight excluding hydrogens is 466 g/mol. The summed E-state index contributed by atoms with van der Waals surface area (Å²) in [4.78, 5) is 12.8. The van der Waals surface area contributed by atoms with Gasteiger partial charge in [0.15, 0.2) is 9.84 Å². The molecule has 2 aromatic rings. The number of hydrogen-bond acceptors (Lipinski definition) is 5. The number of rotatable bonds is 6. The molecule has 1 atom stereocenters. The van der Waals surface area contributed by atoms with Crippen LogP contribution in [0.5, 0.6) is 5.75 Å². The monoisotopic (exact) mass is 487 g/mol. The molecule has 3 rings (SSSR count). The van der Waals surface area contributed by atoms with Gasteiger partial charge in [-0.1, -0.05) is 22.0 Å². The number of carbonyl (C=O) groups excluding carboxylic acids is 1. The van der Waals surface area contributed by atoms with E-state index in [-0.39, 0.29) is 35.6 Å². The largest absolute Gasteiger partial charge is 0.496 e. The fourth-order valence-electron chi connectivity index (χ4n) is 2.94. The SMILES string of the molecule is COc1ccc(S(=O)(=O)C[C@H]2CCOC2)cc1C(=O)Nc1cccc(Br)c1.S. The summed E-state index contributed by atoms with van der Waals surface area (Å²) in [5.74, 6) is -0.139. The van der Waals surface area contributed by atoms with E-state index < -0.39 is 15.7 Å². The van der Waals surface area contributed by atoms with E-state index in [2.05, 4.69) is 21.2 Å². The van der Waals surface area contributed by atoms with E-state index in [0.29, 0.717) is 24.7 Å². The Bertz CT molecular complexity index is 943.